The molecule has 1 saturated heterocycles. The average Bonchev–Trinajstić information content (AvgIpc) is 3.14. The van der Waals surface area contributed by atoms with Gasteiger partial charge in [0.1, 0.15) is 17.5 Å². The van der Waals surface area contributed by atoms with E-state index in [2.05, 4.69) is 30.2 Å². The fraction of sp³-hybridized carbons (Fsp3) is 0.500. The molecule has 0 bridgehead atoms. The van der Waals surface area contributed by atoms with Crippen LogP contribution in [0.5, 0.6) is 0 Å². The Kier molecular flexibility index (Phi) is 4.65. The zero-order chi connectivity index (χ0) is 15.4. The van der Waals surface area contributed by atoms with Gasteiger partial charge in [-0.25, -0.2) is 0 Å². The van der Waals surface area contributed by atoms with Crippen molar-refractivity contribution in [2.24, 2.45) is 0 Å². The minimum atomic E-state index is 0.355. The lowest BCUT2D eigenvalue weighted by molar-refractivity contribution is 0.169. The third-order valence-electron chi connectivity index (χ3n) is 4.53. The van der Waals surface area contributed by atoms with Gasteiger partial charge in [-0.2, -0.15) is 5.26 Å². The van der Waals surface area contributed by atoms with Crippen LogP contribution in [0.15, 0.2) is 35.1 Å². The topological polar surface area (TPSA) is 45.1 Å². The molecule has 0 aromatic carbocycles. The van der Waals surface area contributed by atoms with Gasteiger partial charge in [0.25, 0.3) is 0 Å². The molecule has 0 amide bonds. The lowest BCUT2D eigenvalue weighted by Crippen LogP contribution is -2.27. The first-order valence-corrected chi connectivity index (χ1v) is 8.18. The van der Waals surface area contributed by atoms with Gasteiger partial charge in [-0.15, -0.1) is 0 Å². The van der Waals surface area contributed by atoms with E-state index in [0.29, 0.717) is 6.04 Å². The summed E-state index contributed by atoms with van der Waals surface area (Å²) >= 11 is 0. The van der Waals surface area contributed by atoms with Crippen molar-refractivity contribution >= 4 is 0 Å². The Labute approximate surface area is 131 Å². The first-order valence-electron chi connectivity index (χ1n) is 8.18. The number of hydrogen-bond acceptors (Lipinski definition) is 3. The predicted octanol–water partition coefficient (Wildman–Crippen LogP) is 4.09. The molecular weight excluding hydrogens is 274 g/mol. The number of furan rings is 1. The molecule has 116 valence electrons. The zero-order valence-corrected chi connectivity index (χ0v) is 13.2. The van der Waals surface area contributed by atoms with Gasteiger partial charge in [0.05, 0.1) is 12.3 Å². The molecule has 2 aromatic heterocycles. The molecule has 22 heavy (non-hydrogen) atoms. The van der Waals surface area contributed by atoms with Crippen LogP contribution in [0.4, 0.5) is 0 Å². The number of likely N-dealkylation sites (tertiary alicyclic amines) is 1. The van der Waals surface area contributed by atoms with E-state index in [1.54, 1.807) is 6.26 Å². The summed E-state index contributed by atoms with van der Waals surface area (Å²) in [6, 6.07) is 8.71. The van der Waals surface area contributed by atoms with Crippen molar-refractivity contribution < 1.29 is 4.42 Å². The molecular formula is C18H23N3O. The van der Waals surface area contributed by atoms with Crippen LogP contribution < -0.4 is 0 Å². The molecule has 0 saturated carbocycles. The summed E-state index contributed by atoms with van der Waals surface area (Å²) in [5, 5.41) is 9.22. The van der Waals surface area contributed by atoms with Crippen molar-refractivity contribution in [1.29, 1.82) is 5.26 Å². The summed E-state index contributed by atoms with van der Waals surface area (Å²) in [6.45, 7) is 4.88. The Hall–Kier alpha value is -1.99. The summed E-state index contributed by atoms with van der Waals surface area (Å²) in [5.41, 5.74) is 1.97. The standard InChI is InChI=1S/C18H23N3O/c1-2-20-13-15(11-16(20)12-19)14-21-9-5-3-4-7-17(21)18-8-6-10-22-18/h6,8,10-11,13,17H,2-5,7,9,14H2,1H3. The fourth-order valence-electron chi connectivity index (χ4n) is 3.40. The van der Waals surface area contributed by atoms with E-state index in [0.717, 1.165) is 37.5 Å². The molecule has 1 unspecified atom stereocenters. The van der Waals surface area contributed by atoms with Gasteiger partial charge in [0.2, 0.25) is 0 Å². The molecule has 3 heterocycles. The van der Waals surface area contributed by atoms with Crippen molar-refractivity contribution in [1.82, 2.24) is 9.47 Å². The van der Waals surface area contributed by atoms with Crippen LogP contribution in [0.2, 0.25) is 0 Å². The normalized spacial score (nSPS) is 19.7. The zero-order valence-electron chi connectivity index (χ0n) is 13.2. The second-order valence-electron chi connectivity index (χ2n) is 5.98. The van der Waals surface area contributed by atoms with Crippen molar-refractivity contribution in [3.63, 3.8) is 0 Å². The number of aromatic nitrogens is 1. The van der Waals surface area contributed by atoms with Crippen molar-refractivity contribution in [3.05, 3.63) is 47.7 Å². The van der Waals surface area contributed by atoms with Crippen LogP contribution in [0.3, 0.4) is 0 Å². The molecule has 1 aliphatic rings. The highest BCUT2D eigenvalue weighted by atomic mass is 16.3. The molecule has 4 heteroatoms. The van der Waals surface area contributed by atoms with Crippen LogP contribution in [0.1, 0.15) is 55.7 Å². The minimum absolute atomic E-state index is 0.355. The Bertz CT molecular complexity index is 636. The van der Waals surface area contributed by atoms with E-state index in [4.69, 9.17) is 4.42 Å². The molecule has 0 spiro atoms. The SMILES string of the molecule is CCn1cc(CN2CCCCCC2c2ccco2)cc1C#N. The van der Waals surface area contributed by atoms with E-state index >= 15 is 0 Å². The third kappa shape index (κ3) is 3.10. The van der Waals surface area contributed by atoms with Gasteiger partial charge in [-0.3, -0.25) is 4.90 Å². The Morgan fingerprint density at radius 3 is 2.95 bits per heavy atom. The Balaban J connectivity index is 1.81. The Morgan fingerprint density at radius 2 is 2.27 bits per heavy atom. The van der Waals surface area contributed by atoms with Crippen molar-refractivity contribution in [3.8, 4) is 6.07 Å². The van der Waals surface area contributed by atoms with Crippen LogP contribution in [-0.2, 0) is 13.1 Å². The van der Waals surface area contributed by atoms with Crippen molar-refractivity contribution in [2.45, 2.75) is 51.7 Å². The third-order valence-corrected chi connectivity index (χ3v) is 4.53. The van der Waals surface area contributed by atoms with Gasteiger partial charge >= 0.3 is 0 Å². The molecule has 0 N–H and O–H groups in total. The largest absolute Gasteiger partial charge is 0.468 e. The number of rotatable bonds is 4. The van der Waals surface area contributed by atoms with Gasteiger partial charge in [-0.05, 0) is 50.1 Å². The van der Waals surface area contributed by atoms with E-state index < -0.39 is 0 Å². The number of hydrogen-bond donors (Lipinski definition) is 0. The lowest BCUT2D eigenvalue weighted by atomic mass is 10.1. The van der Waals surface area contributed by atoms with E-state index in [-0.39, 0.29) is 0 Å². The quantitative estimate of drug-likeness (QED) is 0.853. The number of aryl methyl sites for hydroxylation is 1. The molecule has 3 rings (SSSR count). The average molecular weight is 297 g/mol. The van der Waals surface area contributed by atoms with Crippen LogP contribution in [0.25, 0.3) is 0 Å². The number of nitrogens with zero attached hydrogens (tertiary/aromatic N) is 3. The second kappa shape index (κ2) is 6.85. The summed E-state index contributed by atoms with van der Waals surface area (Å²) in [4.78, 5) is 2.50. The monoisotopic (exact) mass is 297 g/mol. The lowest BCUT2D eigenvalue weighted by Gasteiger charge is -2.28. The molecule has 1 aliphatic heterocycles. The van der Waals surface area contributed by atoms with Gasteiger partial charge in [0, 0.05) is 19.3 Å². The van der Waals surface area contributed by atoms with Crippen molar-refractivity contribution in [2.75, 3.05) is 6.54 Å². The highest BCUT2D eigenvalue weighted by Crippen LogP contribution is 2.31. The maximum Gasteiger partial charge on any atom is 0.120 e. The van der Waals surface area contributed by atoms with Crippen LogP contribution >= 0.6 is 0 Å². The van der Waals surface area contributed by atoms with Crippen LogP contribution in [-0.4, -0.2) is 16.0 Å². The van der Waals surface area contributed by atoms with Gasteiger partial charge < -0.3 is 8.98 Å². The highest BCUT2D eigenvalue weighted by molar-refractivity contribution is 5.28. The molecule has 2 aromatic rings. The molecule has 1 fully saturated rings. The van der Waals surface area contributed by atoms with Gasteiger partial charge in [0.15, 0.2) is 0 Å². The summed E-state index contributed by atoms with van der Waals surface area (Å²) in [6.07, 6.45) is 8.79. The highest BCUT2D eigenvalue weighted by Gasteiger charge is 2.25. The summed E-state index contributed by atoms with van der Waals surface area (Å²) < 4.78 is 7.69. The van der Waals surface area contributed by atoms with Crippen LogP contribution in [0, 0.1) is 11.3 Å². The summed E-state index contributed by atoms with van der Waals surface area (Å²) in [7, 11) is 0. The van der Waals surface area contributed by atoms with E-state index in [1.165, 1.54) is 24.8 Å². The maximum absolute atomic E-state index is 9.22. The molecule has 1 atom stereocenters. The minimum Gasteiger partial charge on any atom is -0.468 e. The predicted molar refractivity (Wildman–Crippen MR) is 85.1 cm³/mol. The molecule has 4 nitrogen and oxygen atoms in total. The molecule has 0 aliphatic carbocycles. The first-order chi connectivity index (χ1) is 10.8. The fourth-order valence-corrected chi connectivity index (χ4v) is 3.40. The summed E-state index contributed by atoms with van der Waals surface area (Å²) in [5.74, 6) is 1.07. The molecule has 0 radical (unpaired) electrons. The van der Waals surface area contributed by atoms with Gasteiger partial charge in [-0.1, -0.05) is 12.8 Å². The second-order valence-corrected chi connectivity index (χ2v) is 5.98. The Morgan fingerprint density at radius 1 is 1.36 bits per heavy atom. The number of nitriles is 1. The van der Waals surface area contributed by atoms with E-state index in [1.807, 2.05) is 16.7 Å². The van der Waals surface area contributed by atoms with E-state index in [9.17, 15) is 5.26 Å². The maximum atomic E-state index is 9.22. The first kappa shape index (κ1) is 14.9. The smallest absolute Gasteiger partial charge is 0.120 e.